The molecular formula is C15H23N3O2. The SMILES string of the molecule is CC(C)c1cc(COCCC(C)c2cnn(C)c2)no1. The van der Waals surface area contributed by atoms with Gasteiger partial charge >= 0.3 is 0 Å². The highest BCUT2D eigenvalue weighted by Crippen LogP contribution is 2.19. The van der Waals surface area contributed by atoms with E-state index < -0.39 is 0 Å². The second kappa shape index (κ2) is 6.70. The lowest BCUT2D eigenvalue weighted by Crippen LogP contribution is -2.01. The Hall–Kier alpha value is -1.62. The van der Waals surface area contributed by atoms with Crippen molar-refractivity contribution in [1.82, 2.24) is 14.9 Å². The van der Waals surface area contributed by atoms with E-state index >= 15 is 0 Å². The number of aromatic nitrogens is 3. The minimum Gasteiger partial charge on any atom is -0.375 e. The summed E-state index contributed by atoms with van der Waals surface area (Å²) in [5.41, 5.74) is 2.11. The van der Waals surface area contributed by atoms with E-state index in [4.69, 9.17) is 9.26 Å². The lowest BCUT2D eigenvalue weighted by molar-refractivity contribution is 0.110. The van der Waals surface area contributed by atoms with Crippen LogP contribution >= 0.6 is 0 Å². The first-order valence-electron chi connectivity index (χ1n) is 7.08. The van der Waals surface area contributed by atoms with Gasteiger partial charge in [0.05, 0.1) is 12.8 Å². The average Bonchev–Trinajstić information content (AvgIpc) is 3.03. The molecule has 0 aliphatic heterocycles. The Kier molecular flexibility index (Phi) is 4.95. The molecule has 0 bridgehead atoms. The Bertz CT molecular complexity index is 531. The lowest BCUT2D eigenvalue weighted by Gasteiger charge is -2.08. The average molecular weight is 277 g/mol. The summed E-state index contributed by atoms with van der Waals surface area (Å²) >= 11 is 0. The van der Waals surface area contributed by atoms with Crippen LogP contribution in [0.5, 0.6) is 0 Å². The molecule has 20 heavy (non-hydrogen) atoms. The van der Waals surface area contributed by atoms with E-state index in [1.54, 1.807) is 0 Å². The van der Waals surface area contributed by atoms with E-state index in [0.29, 0.717) is 25.0 Å². The molecule has 0 amide bonds. The third-order valence-electron chi connectivity index (χ3n) is 3.39. The van der Waals surface area contributed by atoms with Gasteiger partial charge in [0.1, 0.15) is 11.5 Å². The van der Waals surface area contributed by atoms with Crippen molar-refractivity contribution in [1.29, 1.82) is 0 Å². The van der Waals surface area contributed by atoms with Crippen molar-refractivity contribution in [3.63, 3.8) is 0 Å². The zero-order valence-corrected chi connectivity index (χ0v) is 12.7. The molecule has 5 heteroatoms. The summed E-state index contributed by atoms with van der Waals surface area (Å²) < 4.78 is 12.7. The molecule has 2 aromatic rings. The smallest absolute Gasteiger partial charge is 0.139 e. The van der Waals surface area contributed by atoms with Gasteiger partial charge in [0.15, 0.2) is 0 Å². The molecule has 1 unspecified atom stereocenters. The van der Waals surface area contributed by atoms with Crippen molar-refractivity contribution in [2.75, 3.05) is 6.61 Å². The maximum absolute atomic E-state index is 5.66. The largest absolute Gasteiger partial charge is 0.375 e. The summed E-state index contributed by atoms with van der Waals surface area (Å²) in [6.45, 7) is 7.57. The van der Waals surface area contributed by atoms with E-state index in [1.165, 1.54) is 5.56 Å². The van der Waals surface area contributed by atoms with Crippen LogP contribution in [0.2, 0.25) is 0 Å². The monoisotopic (exact) mass is 277 g/mol. The molecule has 0 saturated heterocycles. The van der Waals surface area contributed by atoms with E-state index in [-0.39, 0.29) is 0 Å². The summed E-state index contributed by atoms with van der Waals surface area (Å²) in [5, 5.41) is 8.19. The first kappa shape index (κ1) is 14.8. The first-order valence-corrected chi connectivity index (χ1v) is 7.08. The zero-order chi connectivity index (χ0) is 14.5. The van der Waals surface area contributed by atoms with Gasteiger partial charge in [-0.15, -0.1) is 0 Å². The van der Waals surface area contributed by atoms with Crippen LogP contribution < -0.4 is 0 Å². The minimum atomic E-state index is 0.363. The first-order chi connectivity index (χ1) is 9.56. The second-order valence-corrected chi connectivity index (χ2v) is 5.56. The summed E-state index contributed by atoms with van der Waals surface area (Å²) in [4.78, 5) is 0. The molecule has 0 fully saturated rings. The molecule has 0 aromatic carbocycles. The van der Waals surface area contributed by atoms with Crippen LogP contribution in [0.25, 0.3) is 0 Å². The van der Waals surface area contributed by atoms with E-state index in [0.717, 1.165) is 17.9 Å². The van der Waals surface area contributed by atoms with Gasteiger partial charge in [-0.1, -0.05) is 25.9 Å². The fourth-order valence-corrected chi connectivity index (χ4v) is 1.97. The van der Waals surface area contributed by atoms with Gasteiger partial charge in [-0.05, 0) is 17.9 Å². The molecule has 2 rings (SSSR count). The Morgan fingerprint density at radius 3 is 2.75 bits per heavy atom. The number of ether oxygens (including phenoxy) is 1. The topological polar surface area (TPSA) is 53.1 Å². The Balaban J connectivity index is 1.70. The number of hydrogen-bond acceptors (Lipinski definition) is 4. The molecule has 0 saturated carbocycles. The number of nitrogens with zero attached hydrogens (tertiary/aromatic N) is 3. The molecule has 1 atom stereocenters. The predicted molar refractivity (Wildman–Crippen MR) is 76.5 cm³/mol. The molecule has 110 valence electrons. The summed E-state index contributed by atoms with van der Waals surface area (Å²) in [5.74, 6) is 1.72. The molecule has 0 aliphatic rings. The van der Waals surface area contributed by atoms with Crippen molar-refractivity contribution in [3.8, 4) is 0 Å². The van der Waals surface area contributed by atoms with Gasteiger partial charge in [0.2, 0.25) is 0 Å². The van der Waals surface area contributed by atoms with Crippen LogP contribution in [0.4, 0.5) is 0 Å². The van der Waals surface area contributed by atoms with Crippen LogP contribution in [-0.4, -0.2) is 21.5 Å². The highest BCUT2D eigenvalue weighted by Gasteiger charge is 2.09. The third kappa shape index (κ3) is 3.93. The Morgan fingerprint density at radius 2 is 2.15 bits per heavy atom. The Morgan fingerprint density at radius 1 is 1.35 bits per heavy atom. The van der Waals surface area contributed by atoms with Crippen LogP contribution in [0.15, 0.2) is 23.0 Å². The lowest BCUT2D eigenvalue weighted by atomic mass is 10.0. The van der Waals surface area contributed by atoms with Gasteiger partial charge in [-0.2, -0.15) is 5.10 Å². The molecule has 2 aromatic heterocycles. The standard InChI is InChI=1S/C15H23N3O2/c1-11(2)15-7-14(17-20-15)10-19-6-5-12(3)13-8-16-18(4)9-13/h7-9,11-12H,5-6,10H2,1-4H3. The number of rotatable bonds is 7. The molecule has 2 heterocycles. The number of aryl methyl sites for hydroxylation is 1. The highest BCUT2D eigenvalue weighted by atomic mass is 16.5. The van der Waals surface area contributed by atoms with Gasteiger partial charge < -0.3 is 9.26 Å². The van der Waals surface area contributed by atoms with Crippen LogP contribution in [0.3, 0.4) is 0 Å². The zero-order valence-electron chi connectivity index (χ0n) is 12.7. The second-order valence-electron chi connectivity index (χ2n) is 5.56. The minimum absolute atomic E-state index is 0.363. The van der Waals surface area contributed by atoms with Gasteiger partial charge in [0, 0.05) is 31.8 Å². The van der Waals surface area contributed by atoms with Gasteiger partial charge in [0.25, 0.3) is 0 Å². The third-order valence-corrected chi connectivity index (χ3v) is 3.39. The molecule has 0 N–H and O–H groups in total. The van der Waals surface area contributed by atoms with Gasteiger partial charge in [-0.25, -0.2) is 0 Å². The van der Waals surface area contributed by atoms with Crippen LogP contribution in [-0.2, 0) is 18.4 Å². The van der Waals surface area contributed by atoms with Gasteiger partial charge in [-0.3, -0.25) is 4.68 Å². The van der Waals surface area contributed by atoms with Crippen molar-refractivity contribution >= 4 is 0 Å². The van der Waals surface area contributed by atoms with E-state index in [1.807, 2.05) is 24.0 Å². The van der Waals surface area contributed by atoms with Crippen molar-refractivity contribution in [3.05, 3.63) is 35.5 Å². The maximum atomic E-state index is 5.66. The Labute approximate surface area is 119 Å². The fourth-order valence-electron chi connectivity index (χ4n) is 1.97. The van der Waals surface area contributed by atoms with Crippen molar-refractivity contribution < 1.29 is 9.26 Å². The van der Waals surface area contributed by atoms with E-state index in [2.05, 4.69) is 37.2 Å². The quantitative estimate of drug-likeness (QED) is 0.729. The number of hydrogen-bond donors (Lipinski definition) is 0. The normalized spacial score (nSPS) is 13.1. The molecule has 0 spiro atoms. The molecule has 5 nitrogen and oxygen atoms in total. The maximum Gasteiger partial charge on any atom is 0.139 e. The fraction of sp³-hybridized carbons (Fsp3) is 0.600. The highest BCUT2D eigenvalue weighted by molar-refractivity contribution is 5.10. The van der Waals surface area contributed by atoms with Crippen molar-refractivity contribution in [2.24, 2.45) is 7.05 Å². The molecular weight excluding hydrogens is 254 g/mol. The van der Waals surface area contributed by atoms with Crippen LogP contribution in [0.1, 0.15) is 56.0 Å². The van der Waals surface area contributed by atoms with E-state index in [9.17, 15) is 0 Å². The van der Waals surface area contributed by atoms with Crippen molar-refractivity contribution in [2.45, 2.75) is 45.6 Å². The predicted octanol–water partition coefficient (Wildman–Crippen LogP) is 3.24. The summed E-state index contributed by atoms with van der Waals surface area (Å²) in [6, 6.07) is 1.97. The molecule has 0 aliphatic carbocycles. The summed E-state index contributed by atoms with van der Waals surface area (Å²) in [7, 11) is 1.93. The molecule has 0 radical (unpaired) electrons. The summed E-state index contributed by atoms with van der Waals surface area (Å²) in [6.07, 6.45) is 4.94. The van der Waals surface area contributed by atoms with Crippen LogP contribution in [0, 0.1) is 0 Å².